The number of aryl methyl sites for hydroxylation is 1. The fourth-order valence-electron chi connectivity index (χ4n) is 4.26. The van der Waals surface area contributed by atoms with Crippen LogP contribution in [0.2, 0.25) is 0 Å². The number of nitrogens with zero attached hydrogens (tertiary/aromatic N) is 3. The van der Waals surface area contributed by atoms with Crippen LogP contribution in [0.1, 0.15) is 24.0 Å². The van der Waals surface area contributed by atoms with E-state index in [0.717, 1.165) is 25.1 Å². The van der Waals surface area contributed by atoms with Crippen molar-refractivity contribution in [1.29, 1.82) is 0 Å². The van der Waals surface area contributed by atoms with Crippen LogP contribution in [0.5, 0.6) is 0 Å². The first kappa shape index (κ1) is 20.3. The molecule has 6 heteroatoms. The van der Waals surface area contributed by atoms with Crippen molar-refractivity contribution in [2.45, 2.75) is 32.4 Å². The van der Waals surface area contributed by atoms with E-state index in [-0.39, 0.29) is 12.5 Å². The van der Waals surface area contributed by atoms with E-state index in [4.69, 9.17) is 4.74 Å². The number of carbonyl (C=O) groups is 2. The van der Waals surface area contributed by atoms with E-state index in [0.29, 0.717) is 26.1 Å². The Hall–Kier alpha value is -3.02. The normalized spacial score (nSPS) is 19.1. The molecule has 2 saturated heterocycles. The van der Waals surface area contributed by atoms with Crippen molar-refractivity contribution in [3.63, 3.8) is 0 Å². The second-order valence-corrected chi connectivity index (χ2v) is 8.04. The second kappa shape index (κ2) is 9.20. The van der Waals surface area contributed by atoms with Crippen LogP contribution in [-0.4, -0.2) is 60.6 Å². The summed E-state index contributed by atoms with van der Waals surface area (Å²) in [7, 11) is 0. The first-order chi connectivity index (χ1) is 14.6. The van der Waals surface area contributed by atoms with E-state index in [2.05, 4.69) is 36.1 Å². The third kappa shape index (κ3) is 4.58. The van der Waals surface area contributed by atoms with Crippen LogP contribution in [-0.2, 0) is 16.1 Å². The first-order valence-electron chi connectivity index (χ1n) is 10.7. The first-order valence-corrected chi connectivity index (χ1v) is 10.7. The Morgan fingerprint density at radius 3 is 2.47 bits per heavy atom. The smallest absolute Gasteiger partial charge is 0.410 e. The van der Waals surface area contributed by atoms with Gasteiger partial charge in [-0.15, -0.1) is 0 Å². The average Bonchev–Trinajstić information content (AvgIpc) is 3.28. The van der Waals surface area contributed by atoms with E-state index in [9.17, 15) is 9.59 Å². The molecule has 0 aromatic heterocycles. The molecule has 2 aliphatic rings. The molecule has 158 valence electrons. The lowest BCUT2D eigenvalue weighted by molar-refractivity contribution is -0.135. The lowest BCUT2D eigenvalue weighted by Gasteiger charge is -2.38. The van der Waals surface area contributed by atoms with Crippen molar-refractivity contribution in [2.24, 2.45) is 0 Å². The second-order valence-electron chi connectivity index (χ2n) is 8.04. The number of ether oxygens (including phenoxy) is 1. The molecule has 2 aromatic rings. The molecule has 2 amide bonds. The Balaban J connectivity index is 1.32. The van der Waals surface area contributed by atoms with Gasteiger partial charge in [0.25, 0.3) is 0 Å². The highest BCUT2D eigenvalue weighted by Gasteiger charge is 2.38. The van der Waals surface area contributed by atoms with Crippen molar-refractivity contribution in [3.8, 4) is 0 Å². The molecule has 2 fully saturated rings. The minimum Gasteiger partial charge on any atom is -0.445 e. The quantitative estimate of drug-likeness (QED) is 0.779. The molecule has 2 aliphatic heterocycles. The summed E-state index contributed by atoms with van der Waals surface area (Å²) in [6, 6.07) is 17.7. The predicted molar refractivity (Wildman–Crippen MR) is 116 cm³/mol. The maximum atomic E-state index is 13.1. The van der Waals surface area contributed by atoms with Crippen molar-refractivity contribution in [1.82, 2.24) is 9.80 Å². The Morgan fingerprint density at radius 1 is 0.967 bits per heavy atom. The monoisotopic (exact) mass is 407 g/mol. The van der Waals surface area contributed by atoms with Gasteiger partial charge < -0.3 is 14.5 Å². The van der Waals surface area contributed by atoms with E-state index >= 15 is 0 Å². The molecule has 2 heterocycles. The van der Waals surface area contributed by atoms with Gasteiger partial charge in [0.15, 0.2) is 0 Å². The fraction of sp³-hybridized carbons (Fsp3) is 0.417. The van der Waals surface area contributed by atoms with Crippen LogP contribution in [0.3, 0.4) is 0 Å². The van der Waals surface area contributed by atoms with Gasteiger partial charge in [-0.3, -0.25) is 9.69 Å². The largest absolute Gasteiger partial charge is 0.445 e. The number of likely N-dealkylation sites (tertiary alicyclic amines) is 1. The van der Waals surface area contributed by atoms with Gasteiger partial charge in [0.2, 0.25) is 5.91 Å². The third-order valence-corrected chi connectivity index (χ3v) is 5.94. The van der Waals surface area contributed by atoms with Gasteiger partial charge in [-0.2, -0.15) is 0 Å². The van der Waals surface area contributed by atoms with Crippen LogP contribution in [0, 0.1) is 6.92 Å². The molecule has 6 nitrogen and oxygen atoms in total. The Morgan fingerprint density at radius 2 is 1.73 bits per heavy atom. The standard InChI is InChI=1S/C24H29N3O3/c1-19-7-5-10-21(17-19)25-13-15-26(16-14-25)23(28)22-11-6-12-27(22)24(29)30-18-20-8-3-2-4-9-20/h2-5,7-10,17,22H,6,11-16,18H2,1H3. The SMILES string of the molecule is Cc1cccc(N2CCN(C(=O)C3CCCN3C(=O)OCc3ccccc3)CC2)c1. The molecule has 0 N–H and O–H groups in total. The molecule has 1 atom stereocenters. The molecule has 1 unspecified atom stereocenters. The van der Waals surface area contributed by atoms with Crippen LogP contribution in [0.25, 0.3) is 0 Å². The predicted octanol–water partition coefficient (Wildman–Crippen LogP) is 3.44. The molecule has 30 heavy (non-hydrogen) atoms. The van der Waals surface area contributed by atoms with Crippen molar-refractivity contribution >= 4 is 17.7 Å². The number of piperazine rings is 1. The van der Waals surface area contributed by atoms with Gasteiger partial charge in [0.1, 0.15) is 12.6 Å². The number of hydrogen-bond donors (Lipinski definition) is 0. The van der Waals surface area contributed by atoms with Crippen molar-refractivity contribution in [3.05, 3.63) is 65.7 Å². The molecule has 0 aliphatic carbocycles. The zero-order valence-electron chi connectivity index (χ0n) is 17.5. The number of anilines is 1. The maximum absolute atomic E-state index is 13.1. The molecule has 2 aromatic carbocycles. The number of amides is 2. The van der Waals surface area contributed by atoms with Gasteiger partial charge >= 0.3 is 6.09 Å². The topological polar surface area (TPSA) is 53.1 Å². The Labute approximate surface area is 178 Å². The average molecular weight is 408 g/mol. The Bertz CT molecular complexity index is 878. The molecule has 0 bridgehead atoms. The van der Waals surface area contributed by atoms with Crippen molar-refractivity contribution < 1.29 is 14.3 Å². The zero-order valence-corrected chi connectivity index (χ0v) is 17.5. The number of benzene rings is 2. The van der Waals surface area contributed by atoms with E-state index in [1.165, 1.54) is 11.3 Å². The van der Waals surface area contributed by atoms with Crippen LogP contribution < -0.4 is 4.90 Å². The van der Waals surface area contributed by atoms with Crippen LogP contribution in [0.15, 0.2) is 54.6 Å². The van der Waals surface area contributed by atoms with Crippen LogP contribution in [0.4, 0.5) is 10.5 Å². The summed E-state index contributed by atoms with van der Waals surface area (Å²) >= 11 is 0. The molecule has 0 spiro atoms. The van der Waals surface area contributed by atoms with Crippen LogP contribution >= 0.6 is 0 Å². The highest BCUT2D eigenvalue weighted by Crippen LogP contribution is 2.23. The molecular formula is C24H29N3O3. The number of rotatable bonds is 4. The van der Waals surface area contributed by atoms with E-state index in [1.54, 1.807) is 4.90 Å². The molecule has 0 radical (unpaired) electrons. The van der Waals surface area contributed by atoms with E-state index in [1.807, 2.05) is 35.2 Å². The summed E-state index contributed by atoms with van der Waals surface area (Å²) in [5.41, 5.74) is 3.39. The fourth-order valence-corrected chi connectivity index (χ4v) is 4.26. The summed E-state index contributed by atoms with van der Waals surface area (Å²) in [5, 5.41) is 0. The number of carbonyl (C=O) groups excluding carboxylic acids is 2. The van der Waals surface area contributed by atoms with Gasteiger partial charge in [-0.1, -0.05) is 42.5 Å². The van der Waals surface area contributed by atoms with E-state index < -0.39 is 12.1 Å². The highest BCUT2D eigenvalue weighted by atomic mass is 16.6. The lowest BCUT2D eigenvalue weighted by Crippen LogP contribution is -2.54. The Kier molecular flexibility index (Phi) is 6.21. The summed E-state index contributed by atoms with van der Waals surface area (Å²) in [4.78, 5) is 31.6. The van der Waals surface area contributed by atoms with Gasteiger partial charge in [0.05, 0.1) is 0 Å². The summed E-state index contributed by atoms with van der Waals surface area (Å²) in [6.07, 6.45) is 1.14. The zero-order chi connectivity index (χ0) is 20.9. The van der Waals surface area contributed by atoms with Crippen molar-refractivity contribution in [2.75, 3.05) is 37.6 Å². The molecular weight excluding hydrogens is 378 g/mol. The summed E-state index contributed by atoms with van der Waals surface area (Å²) in [6.45, 7) is 5.86. The molecule has 0 saturated carbocycles. The van der Waals surface area contributed by atoms with Gasteiger partial charge in [0, 0.05) is 38.4 Å². The highest BCUT2D eigenvalue weighted by molar-refractivity contribution is 5.86. The minimum atomic E-state index is -0.404. The third-order valence-electron chi connectivity index (χ3n) is 5.94. The van der Waals surface area contributed by atoms with Gasteiger partial charge in [-0.05, 0) is 43.0 Å². The molecule has 4 rings (SSSR count). The summed E-state index contributed by atoms with van der Waals surface area (Å²) in [5.74, 6) is 0.0491. The summed E-state index contributed by atoms with van der Waals surface area (Å²) < 4.78 is 5.47. The van der Waals surface area contributed by atoms with Gasteiger partial charge in [-0.25, -0.2) is 4.79 Å². The minimum absolute atomic E-state index is 0.0491. The maximum Gasteiger partial charge on any atom is 0.410 e. The lowest BCUT2D eigenvalue weighted by atomic mass is 10.1. The number of hydrogen-bond acceptors (Lipinski definition) is 4.